The highest BCUT2D eigenvalue weighted by Crippen LogP contribution is 2.19. The summed E-state index contributed by atoms with van der Waals surface area (Å²) in [5, 5.41) is 2.64. The Morgan fingerprint density at radius 1 is 1.12 bits per heavy atom. The van der Waals surface area contributed by atoms with E-state index in [9.17, 15) is 9.59 Å². The van der Waals surface area contributed by atoms with Gasteiger partial charge in [-0.1, -0.05) is 12.1 Å². The molecule has 0 spiro atoms. The van der Waals surface area contributed by atoms with E-state index < -0.39 is 11.8 Å². The highest BCUT2D eigenvalue weighted by molar-refractivity contribution is 6.44. The topological polar surface area (TPSA) is 58.6 Å². The SMILES string of the molecule is CCN(C(=O)C(=O)Nc1ccc(OC(C)C)cc1)c1cccc(C)c1. The second-order valence-electron chi connectivity index (χ2n) is 6.03. The van der Waals surface area contributed by atoms with E-state index >= 15 is 0 Å². The number of ether oxygens (including phenoxy) is 1. The first-order valence-corrected chi connectivity index (χ1v) is 8.37. The quantitative estimate of drug-likeness (QED) is 0.843. The fourth-order valence-electron chi connectivity index (χ4n) is 2.44. The number of nitrogens with one attached hydrogen (secondary N) is 1. The standard InChI is InChI=1S/C20H24N2O3/c1-5-22(17-8-6-7-15(4)13-17)20(24)19(23)21-16-9-11-18(12-10-16)25-14(2)3/h6-14H,5H2,1-4H3,(H,21,23). The Hall–Kier alpha value is -2.82. The van der Waals surface area contributed by atoms with E-state index in [4.69, 9.17) is 4.74 Å². The maximum Gasteiger partial charge on any atom is 0.316 e. The third-order valence-corrected chi connectivity index (χ3v) is 3.55. The van der Waals surface area contributed by atoms with Crippen LogP contribution >= 0.6 is 0 Å². The van der Waals surface area contributed by atoms with E-state index in [-0.39, 0.29) is 6.10 Å². The molecule has 0 aliphatic carbocycles. The number of benzene rings is 2. The average Bonchev–Trinajstić information content (AvgIpc) is 2.57. The van der Waals surface area contributed by atoms with Gasteiger partial charge in [-0.2, -0.15) is 0 Å². The molecule has 132 valence electrons. The molecule has 1 N–H and O–H groups in total. The molecule has 0 saturated carbocycles. The lowest BCUT2D eigenvalue weighted by Crippen LogP contribution is -2.39. The molecule has 2 rings (SSSR count). The van der Waals surface area contributed by atoms with Crippen LogP contribution in [0, 0.1) is 6.92 Å². The lowest BCUT2D eigenvalue weighted by atomic mass is 10.2. The van der Waals surface area contributed by atoms with Crippen LogP contribution in [0.25, 0.3) is 0 Å². The molecule has 2 aromatic carbocycles. The molecule has 0 bridgehead atoms. The maximum atomic E-state index is 12.5. The van der Waals surface area contributed by atoms with Gasteiger partial charge in [0.1, 0.15) is 5.75 Å². The summed E-state index contributed by atoms with van der Waals surface area (Å²) in [6.45, 7) is 8.09. The van der Waals surface area contributed by atoms with Crippen molar-refractivity contribution in [2.75, 3.05) is 16.8 Å². The summed E-state index contributed by atoms with van der Waals surface area (Å²) in [6, 6.07) is 14.5. The molecular weight excluding hydrogens is 316 g/mol. The van der Waals surface area contributed by atoms with Gasteiger partial charge >= 0.3 is 11.8 Å². The molecule has 0 aromatic heterocycles. The highest BCUT2D eigenvalue weighted by atomic mass is 16.5. The van der Waals surface area contributed by atoms with E-state index in [1.54, 1.807) is 24.3 Å². The zero-order valence-corrected chi connectivity index (χ0v) is 15.1. The van der Waals surface area contributed by atoms with Gasteiger partial charge in [-0.15, -0.1) is 0 Å². The number of aryl methyl sites for hydroxylation is 1. The van der Waals surface area contributed by atoms with Gasteiger partial charge in [0.15, 0.2) is 0 Å². The minimum atomic E-state index is -0.666. The fraction of sp³-hybridized carbons (Fsp3) is 0.300. The average molecular weight is 340 g/mol. The van der Waals surface area contributed by atoms with Gasteiger partial charge in [0.05, 0.1) is 6.10 Å². The first-order chi connectivity index (χ1) is 11.9. The Labute approximate surface area is 148 Å². The van der Waals surface area contributed by atoms with E-state index in [0.29, 0.717) is 23.7 Å². The molecule has 2 amide bonds. The molecule has 0 atom stereocenters. The number of anilines is 2. The molecule has 25 heavy (non-hydrogen) atoms. The number of likely N-dealkylation sites (N-methyl/N-ethyl adjacent to an activating group) is 1. The van der Waals surface area contributed by atoms with Crippen LogP contribution in [0.4, 0.5) is 11.4 Å². The summed E-state index contributed by atoms with van der Waals surface area (Å²) >= 11 is 0. The monoisotopic (exact) mass is 340 g/mol. The third kappa shape index (κ3) is 5.08. The Morgan fingerprint density at radius 3 is 2.36 bits per heavy atom. The Kier molecular flexibility index (Phi) is 6.17. The third-order valence-electron chi connectivity index (χ3n) is 3.55. The Morgan fingerprint density at radius 2 is 1.80 bits per heavy atom. The first-order valence-electron chi connectivity index (χ1n) is 8.37. The van der Waals surface area contributed by atoms with E-state index in [1.165, 1.54) is 4.90 Å². The van der Waals surface area contributed by atoms with E-state index in [1.807, 2.05) is 52.0 Å². The molecular formula is C20H24N2O3. The van der Waals surface area contributed by atoms with Crippen LogP contribution in [-0.2, 0) is 9.59 Å². The molecule has 0 aliphatic heterocycles. The summed E-state index contributed by atoms with van der Waals surface area (Å²) in [5.74, 6) is -0.536. The van der Waals surface area contributed by atoms with Crippen LogP contribution < -0.4 is 15.0 Å². The molecule has 5 nitrogen and oxygen atoms in total. The Balaban J connectivity index is 2.07. The summed E-state index contributed by atoms with van der Waals surface area (Å²) in [5.41, 5.74) is 2.29. The predicted octanol–water partition coefficient (Wildman–Crippen LogP) is 3.77. The summed E-state index contributed by atoms with van der Waals surface area (Å²) in [7, 11) is 0. The van der Waals surface area contributed by atoms with Gasteiger partial charge in [0.2, 0.25) is 0 Å². The number of amides is 2. The van der Waals surface area contributed by atoms with Crippen molar-refractivity contribution in [2.45, 2.75) is 33.8 Å². The normalized spacial score (nSPS) is 10.4. The van der Waals surface area contributed by atoms with Crippen LogP contribution in [0.1, 0.15) is 26.3 Å². The van der Waals surface area contributed by atoms with Gasteiger partial charge in [-0.05, 0) is 69.7 Å². The lowest BCUT2D eigenvalue weighted by molar-refractivity contribution is -0.134. The number of nitrogens with zero attached hydrogens (tertiary/aromatic N) is 1. The molecule has 5 heteroatoms. The lowest BCUT2D eigenvalue weighted by Gasteiger charge is -2.20. The molecule has 0 saturated heterocycles. The zero-order chi connectivity index (χ0) is 18.4. The molecule has 0 radical (unpaired) electrons. The number of rotatable bonds is 5. The molecule has 0 unspecified atom stereocenters. The van der Waals surface area contributed by atoms with Crippen molar-refractivity contribution in [3.63, 3.8) is 0 Å². The van der Waals surface area contributed by atoms with Gasteiger partial charge in [0.25, 0.3) is 0 Å². The molecule has 2 aromatic rings. The first kappa shape index (κ1) is 18.5. The minimum Gasteiger partial charge on any atom is -0.491 e. The molecule has 0 heterocycles. The maximum absolute atomic E-state index is 12.5. The number of hydrogen-bond acceptors (Lipinski definition) is 3. The van der Waals surface area contributed by atoms with Crippen LogP contribution in [-0.4, -0.2) is 24.5 Å². The van der Waals surface area contributed by atoms with Crippen molar-refractivity contribution >= 4 is 23.2 Å². The highest BCUT2D eigenvalue weighted by Gasteiger charge is 2.22. The number of hydrogen-bond donors (Lipinski definition) is 1. The molecule has 0 aliphatic rings. The van der Waals surface area contributed by atoms with E-state index in [0.717, 1.165) is 5.56 Å². The van der Waals surface area contributed by atoms with Crippen molar-refractivity contribution in [1.82, 2.24) is 0 Å². The van der Waals surface area contributed by atoms with Crippen LogP contribution in [0.2, 0.25) is 0 Å². The number of carbonyl (C=O) groups is 2. The van der Waals surface area contributed by atoms with Crippen LogP contribution in [0.15, 0.2) is 48.5 Å². The van der Waals surface area contributed by atoms with Gasteiger partial charge in [-0.3, -0.25) is 9.59 Å². The summed E-state index contributed by atoms with van der Waals surface area (Å²) in [6.07, 6.45) is 0.0782. The predicted molar refractivity (Wildman–Crippen MR) is 100 cm³/mol. The second kappa shape index (κ2) is 8.33. The second-order valence-corrected chi connectivity index (χ2v) is 6.03. The number of carbonyl (C=O) groups excluding carboxylic acids is 2. The summed E-state index contributed by atoms with van der Waals surface area (Å²) < 4.78 is 5.56. The van der Waals surface area contributed by atoms with Crippen molar-refractivity contribution in [3.8, 4) is 5.75 Å². The van der Waals surface area contributed by atoms with Crippen molar-refractivity contribution in [3.05, 3.63) is 54.1 Å². The Bertz CT molecular complexity index is 739. The van der Waals surface area contributed by atoms with Crippen LogP contribution in [0.3, 0.4) is 0 Å². The largest absolute Gasteiger partial charge is 0.491 e. The molecule has 0 fully saturated rings. The van der Waals surface area contributed by atoms with Crippen LogP contribution in [0.5, 0.6) is 5.75 Å². The van der Waals surface area contributed by atoms with Crippen molar-refractivity contribution in [2.24, 2.45) is 0 Å². The van der Waals surface area contributed by atoms with Gasteiger partial charge < -0.3 is 15.0 Å². The van der Waals surface area contributed by atoms with E-state index in [2.05, 4.69) is 5.32 Å². The smallest absolute Gasteiger partial charge is 0.316 e. The minimum absolute atomic E-state index is 0.0782. The zero-order valence-electron chi connectivity index (χ0n) is 15.1. The van der Waals surface area contributed by atoms with Gasteiger partial charge in [0, 0.05) is 17.9 Å². The van der Waals surface area contributed by atoms with Gasteiger partial charge in [-0.25, -0.2) is 0 Å². The fourth-order valence-corrected chi connectivity index (χ4v) is 2.44. The van der Waals surface area contributed by atoms with Crippen molar-refractivity contribution in [1.29, 1.82) is 0 Å². The summed E-state index contributed by atoms with van der Waals surface area (Å²) in [4.78, 5) is 26.2. The van der Waals surface area contributed by atoms with Crippen molar-refractivity contribution < 1.29 is 14.3 Å².